The van der Waals surface area contributed by atoms with E-state index in [2.05, 4.69) is 0 Å². The van der Waals surface area contributed by atoms with E-state index in [9.17, 15) is 18.5 Å². The molecule has 30 heavy (non-hydrogen) atoms. The molecule has 0 amide bonds. The molecular formula is C22H18N2O5S. The van der Waals surface area contributed by atoms with Crippen LogP contribution in [-0.4, -0.2) is 26.6 Å². The van der Waals surface area contributed by atoms with Gasteiger partial charge in [-0.2, -0.15) is 5.26 Å². The number of hydrogen-bond donors (Lipinski definition) is 1. The van der Waals surface area contributed by atoms with Crippen LogP contribution in [0, 0.1) is 11.3 Å². The number of carbonyl (C=O) groups is 1. The second-order valence-electron chi connectivity index (χ2n) is 6.35. The van der Waals surface area contributed by atoms with Gasteiger partial charge in [-0.05, 0) is 60.2 Å². The predicted molar refractivity (Wildman–Crippen MR) is 111 cm³/mol. The van der Waals surface area contributed by atoms with Gasteiger partial charge in [-0.15, -0.1) is 0 Å². The third-order valence-corrected chi connectivity index (χ3v) is 6.23. The number of methoxy groups -OCH3 is 1. The van der Waals surface area contributed by atoms with Crippen LogP contribution >= 0.6 is 0 Å². The van der Waals surface area contributed by atoms with Gasteiger partial charge in [0.05, 0.1) is 41.4 Å². The molecule has 0 aliphatic rings. The highest BCUT2D eigenvalue weighted by atomic mass is 32.2. The van der Waals surface area contributed by atoms with Crippen molar-refractivity contribution in [3.8, 4) is 11.8 Å². The zero-order valence-electron chi connectivity index (χ0n) is 16.0. The Kier molecular flexibility index (Phi) is 6.04. The first-order valence-corrected chi connectivity index (χ1v) is 10.3. The van der Waals surface area contributed by atoms with Crippen molar-refractivity contribution in [3.63, 3.8) is 0 Å². The normalized spacial score (nSPS) is 10.8. The Bertz CT molecular complexity index is 1200. The number of nitrogens with zero attached hydrogens (tertiary/aromatic N) is 2. The van der Waals surface area contributed by atoms with Crippen molar-refractivity contribution in [3.05, 3.63) is 89.5 Å². The highest BCUT2D eigenvalue weighted by Gasteiger charge is 2.26. The Morgan fingerprint density at radius 1 is 1.07 bits per heavy atom. The van der Waals surface area contributed by atoms with E-state index in [1.54, 1.807) is 49.6 Å². The Labute approximate surface area is 174 Å². The summed E-state index contributed by atoms with van der Waals surface area (Å²) >= 11 is 0. The Morgan fingerprint density at radius 2 is 1.73 bits per heavy atom. The number of rotatable bonds is 7. The van der Waals surface area contributed by atoms with Crippen LogP contribution in [0.4, 0.5) is 5.69 Å². The first kappa shape index (κ1) is 20.9. The van der Waals surface area contributed by atoms with E-state index in [4.69, 9.17) is 9.84 Å². The fraction of sp³-hybridized carbons (Fsp3) is 0.0909. The predicted octanol–water partition coefficient (Wildman–Crippen LogP) is 3.66. The average molecular weight is 422 g/mol. The molecule has 0 bridgehead atoms. The summed E-state index contributed by atoms with van der Waals surface area (Å²) < 4.78 is 33.2. The largest absolute Gasteiger partial charge is 0.497 e. The van der Waals surface area contributed by atoms with Crippen LogP contribution in [0.3, 0.4) is 0 Å². The van der Waals surface area contributed by atoms with Crippen LogP contribution in [0.25, 0.3) is 0 Å². The molecule has 3 aromatic carbocycles. The van der Waals surface area contributed by atoms with Crippen LogP contribution < -0.4 is 9.04 Å². The Balaban J connectivity index is 2.06. The van der Waals surface area contributed by atoms with Crippen LogP contribution in [0.15, 0.2) is 77.7 Å². The number of benzene rings is 3. The summed E-state index contributed by atoms with van der Waals surface area (Å²) in [7, 11) is -2.49. The zero-order chi connectivity index (χ0) is 21.7. The van der Waals surface area contributed by atoms with Crippen molar-refractivity contribution in [2.24, 2.45) is 0 Å². The van der Waals surface area contributed by atoms with Gasteiger partial charge < -0.3 is 9.84 Å². The van der Waals surface area contributed by atoms with Crippen molar-refractivity contribution in [1.82, 2.24) is 0 Å². The molecule has 1 N–H and O–H groups in total. The lowest BCUT2D eigenvalue weighted by molar-refractivity contribution is 0.0696. The fourth-order valence-electron chi connectivity index (χ4n) is 2.84. The van der Waals surface area contributed by atoms with Gasteiger partial charge in [0.15, 0.2) is 0 Å². The summed E-state index contributed by atoms with van der Waals surface area (Å²) in [6.45, 7) is 0.0158. The Hall–Kier alpha value is -3.83. The average Bonchev–Trinajstić information content (AvgIpc) is 2.77. The number of sulfonamides is 1. The molecule has 0 aromatic heterocycles. The van der Waals surface area contributed by atoms with Crippen molar-refractivity contribution in [1.29, 1.82) is 5.26 Å². The molecule has 0 spiro atoms. The van der Waals surface area contributed by atoms with Gasteiger partial charge in [0.25, 0.3) is 10.0 Å². The minimum atomic E-state index is -4.04. The second-order valence-corrected chi connectivity index (χ2v) is 8.21. The summed E-state index contributed by atoms with van der Waals surface area (Å²) in [5.74, 6) is -0.500. The quantitative estimate of drug-likeness (QED) is 0.623. The van der Waals surface area contributed by atoms with E-state index in [1.165, 1.54) is 34.6 Å². The maximum Gasteiger partial charge on any atom is 0.335 e. The van der Waals surface area contributed by atoms with E-state index in [-0.39, 0.29) is 17.0 Å². The van der Waals surface area contributed by atoms with E-state index in [0.29, 0.717) is 22.6 Å². The molecule has 0 radical (unpaired) electrons. The smallest absolute Gasteiger partial charge is 0.335 e. The molecule has 0 unspecified atom stereocenters. The standard InChI is InChI=1S/C22H18N2O5S/c1-29-20-9-5-16(6-10-20)15-24(19-4-2-3-17(13-19)14-23)30(27,28)21-11-7-18(8-12-21)22(25)26/h2-13H,15H2,1H3,(H,25,26). The maximum absolute atomic E-state index is 13.4. The molecule has 0 saturated carbocycles. The zero-order valence-corrected chi connectivity index (χ0v) is 16.8. The molecule has 0 atom stereocenters. The number of aromatic carboxylic acids is 1. The van der Waals surface area contributed by atoms with Gasteiger partial charge in [-0.25, -0.2) is 13.2 Å². The molecule has 152 valence electrons. The van der Waals surface area contributed by atoms with E-state index < -0.39 is 16.0 Å². The van der Waals surface area contributed by atoms with Crippen LogP contribution in [0.2, 0.25) is 0 Å². The molecule has 8 heteroatoms. The van der Waals surface area contributed by atoms with Gasteiger partial charge in [-0.1, -0.05) is 18.2 Å². The number of ether oxygens (including phenoxy) is 1. The van der Waals surface area contributed by atoms with Crippen molar-refractivity contribution in [2.75, 3.05) is 11.4 Å². The van der Waals surface area contributed by atoms with Gasteiger partial charge in [0, 0.05) is 0 Å². The number of anilines is 1. The SMILES string of the molecule is COc1ccc(CN(c2cccc(C#N)c2)S(=O)(=O)c2ccc(C(=O)O)cc2)cc1. The molecule has 0 heterocycles. The summed E-state index contributed by atoms with van der Waals surface area (Å²) in [6, 6.07) is 20.3. The molecule has 0 saturated heterocycles. The molecule has 7 nitrogen and oxygen atoms in total. The van der Waals surface area contributed by atoms with Crippen molar-refractivity contribution in [2.45, 2.75) is 11.4 Å². The first-order valence-electron chi connectivity index (χ1n) is 8.84. The third-order valence-electron chi connectivity index (χ3n) is 4.44. The minimum Gasteiger partial charge on any atom is -0.497 e. The molecule has 3 aromatic rings. The number of carboxylic acid groups (broad SMARTS) is 1. The molecule has 0 fully saturated rings. The number of nitriles is 1. The lowest BCUT2D eigenvalue weighted by Gasteiger charge is -2.25. The van der Waals surface area contributed by atoms with Gasteiger partial charge in [0.2, 0.25) is 0 Å². The number of hydrogen-bond acceptors (Lipinski definition) is 5. The van der Waals surface area contributed by atoms with Gasteiger partial charge in [0.1, 0.15) is 5.75 Å². The minimum absolute atomic E-state index is 0.0119. The second kappa shape index (κ2) is 8.68. The topological polar surface area (TPSA) is 108 Å². The van der Waals surface area contributed by atoms with Crippen LogP contribution in [0.5, 0.6) is 5.75 Å². The lowest BCUT2D eigenvalue weighted by atomic mass is 10.2. The van der Waals surface area contributed by atoms with E-state index in [0.717, 1.165) is 0 Å². The van der Waals surface area contributed by atoms with Gasteiger partial charge >= 0.3 is 5.97 Å². The fourth-order valence-corrected chi connectivity index (χ4v) is 4.28. The third kappa shape index (κ3) is 4.42. The number of carboxylic acids is 1. The molecule has 0 aliphatic carbocycles. The van der Waals surface area contributed by atoms with Crippen molar-refractivity contribution < 1.29 is 23.1 Å². The summed E-state index contributed by atoms with van der Waals surface area (Å²) in [5.41, 5.74) is 1.35. The first-order chi connectivity index (χ1) is 14.3. The van der Waals surface area contributed by atoms with Crippen LogP contribution in [-0.2, 0) is 16.6 Å². The molecule has 0 aliphatic heterocycles. The summed E-state index contributed by atoms with van der Waals surface area (Å²) in [4.78, 5) is 11.0. The van der Waals surface area contributed by atoms with Crippen molar-refractivity contribution >= 4 is 21.7 Å². The van der Waals surface area contributed by atoms with Gasteiger partial charge in [-0.3, -0.25) is 4.31 Å². The van der Waals surface area contributed by atoms with E-state index >= 15 is 0 Å². The molecule has 3 rings (SSSR count). The molecular weight excluding hydrogens is 404 g/mol. The highest BCUT2D eigenvalue weighted by molar-refractivity contribution is 7.92. The Morgan fingerprint density at radius 3 is 2.30 bits per heavy atom. The highest BCUT2D eigenvalue weighted by Crippen LogP contribution is 2.27. The van der Waals surface area contributed by atoms with Crippen LogP contribution in [0.1, 0.15) is 21.5 Å². The maximum atomic E-state index is 13.4. The summed E-state index contributed by atoms with van der Waals surface area (Å²) in [5, 5.41) is 18.3. The lowest BCUT2D eigenvalue weighted by Crippen LogP contribution is -2.30. The summed E-state index contributed by atoms with van der Waals surface area (Å²) in [6.07, 6.45) is 0. The van der Waals surface area contributed by atoms with E-state index in [1.807, 2.05) is 6.07 Å². The monoisotopic (exact) mass is 422 g/mol.